The van der Waals surface area contributed by atoms with E-state index in [1.54, 1.807) is 17.1 Å². The maximum absolute atomic E-state index is 13.1. The molecule has 0 bridgehead atoms. The Morgan fingerprint density at radius 3 is 2.71 bits per heavy atom. The first kappa shape index (κ1) is 23.3. The molecule has 9 heteroatoms. The molecule has 1 amide bonds. The molecule has 1 aliphatic carbocycles. The van der Waals surface area contributed by atoms with E-state index in [0.717, 1.165) is 47.2 Å². The molecule has 0 radical (unpaired) electrons. The Balaban J connectivity index is 0.00000111. The van der Waals surface area contributed by atoms with Crippen molar-refractivity contribution in [2.45, 2.75) is 33.1 Å². The Bertz CT molecular complexity index is 1320. The van der Waals surface area contributed by atoms with E-state index in [2.05, 4.69) is 15.4 Å². The van der Waals surface area contributed by atoms with Gasteiger partial charge in [-0.3, -0.25) is 14.5 Å². The summed E-state index contributed by atoms with van der Waals surface area (Å²) in [6, 6.07) is 7.63. The molecule has 3 heterocycles. The Labute approximate surface area is 199 Å². The Morgan fingerprint density at radius 2 is 1.94 bits per heavy atom. The average Bonchev–Trinajstić information content (AvgIpc) is 3.47. The molecule has 1 N–H and O–H groups in total. The maximum atomic E-state index is 13.1. The van der Waals surface area contributed by atoms with E-state index in [1.807, 2.05) is 38.9 Å². The van der Waals surface area contributed by atoms with Crippen molar-refractivity contribution in [3.05, 3.63) is 59.8 Å². The minimum Gasteiger partial charge on any atom is -0.350 e. The number of hydrogen-bond acceptors (Lipinski definition) is 6. The van der Waals surface area contributed by atoms with Crippen LogP contribution in [0.2, 0.25) is 0 Å². The van der Waals surface area contributed by atoms with E-state index >= 15 is 0 Å². The van der Waals surface area contributed by atoms with Gasteiger partial charge in [0.25, 0.3) is 0 Å². The zero-order valence-electron chi connectivity index (χ0n) is 19.8. The highest BCUT2D eigenvalue weighted by atomic mass is 19.1. The third kappa shape index (κ3) is 4.73. The van der Waals surface area contributed by atoms with Gasteiger partial charge in [-0.1, -0.05) is 13.8 Å². The first-order valence-electron chi connectivity index (χ1n) is 11.4. The minimum absolute atomic E-state index is 0. The lowest BCUT2D eigenvalue weighted by Gasteiger charge is -2.21. The predicted octanol–water partition coefficient (Wildman–Crippen LogP) is 4.40. The zero-order chi connectivity index (χ0) is 24.2. The van der Waals surface area contributed by atoms with Gasteiger partial charge in [0.1, 0.15) is 17.3 Å². The zero-order valence-corrected chi connectivity index (χ0v) is 19.8. The van der Waals surface area contributed by atoms with Crippen molar-refractivity contribution < 1.29 is 10.6 Å². The van der Waals surface area contributed by atoms with Crippen molar-refractivity contribution in [2.24, 2.45) is 7.05 Å². The molecule has 0 fully saturated rings. The summed E-state index contributed by atoms with van der Waals surface area (Å²) in [6.45, 7) is 4.11. The van der Waals surface area contributed by atoms with E-state index in [9.17, 15) is 9.18 Å². The molecule has 0 unspecified atom stereocenters. The summed E-state index contributed by atoms with van der Waals surface area (Å²) < 4.78 is 14.9. The normalized spacial score (nSPS) is 12.1. The summed E-state index contributed by atoms with van der Waals surface area (Å²) in [5.41, 5.74) is 4.24. The van der Waals surface area contributed by atoms with Crippen LogP contribution in [0.25, 0.3) is 22.4 Å². The van der Waals surface area contributed by atoms with Crippen LogP contribution in [0.1, 0.15) is 33.0 Å². The van der Waals surface area contributed by atoms with Gasteiger partial charge in [-0.25, -0.2) is 14.4 Å². The molecule has 5 rings (SSSR count). The number of hydrogen-bond donors (Lipinski definition) is 1. The number of aromatic nitrogens is 5. The Morgan fingerprint density at radius 1 is 1.18 bits per heavy atom. The maximum Gasteiger partial charge on any atom is 0.243 e. The van der Waals surface area contributed by atoms with Crippen LogP contribution in [0.5, 0.6) is 0 Å². The molecule has 0 aliphatic heterocycles. The molecular weight excluding hydrogens is 433 g/mol. The van der Waals surface area contributed by atoms with Gasteiger partial charge in [0.2, 0.25) is 5.91 Å². The van der Waals surface area contributed by atoms with Crippen molar-refractivity contribution in [1.29, 1.82) is 0 Å². The van der Waals surface area contributed by atoms with Crippen molar-refractivity contribution >= 4 is 28.3 Å². The topological polar surface area (TPSA) is 88.8 Å². The van der Waals surface area contributed by atoms with Gasteiger partial charge in [-0.05, 0) is 49.6 Å². The van der Waals surface area contributed by atoms with Gasteiger partial charge in [0.05, 0.1) is 24.5 Å². The highest BCUT2D eigenvalue weighted by Gasteiger charge is 2.23. The lowest BCUT2D eigenvalue weighted by atomic mass is 10.2. The van der Waals surface area contributed by atoms with Crippen LogP contribution in [0.15, 0.2) is 42.7 Å². The SMILES string of the molecule is CC.CN(CC(=O)Nc1ccc(F)cc1)c1nc(-c2cc3cnn(C)c3cn2)nc2c1CCC2.[HH]. The van der Waals surface area contributed by atoms with Gasteiger partial charge < -0.3 is 10.2 Å². The fraction of sp³-hybridized carbons (Fsp3) is 0.320. The molecule has 178 valence electrons. The molecule has 8 nitrogen and oxygen atoms in total. The standard InChI is InChI=1S/C23H22FN7O.C2H6.H2/c1-30(13-21(32)27-16-8-6-15(24)7-9-16)23-17-4-3-5-18(17)28-22(29-23)19-10-14-11-26-31(2)20(14)12-25-19;1-2;/h6-12H,3-5,13H2,1-2H3,(H,27,32);1-2H3;1H. The van der Waals surface area contributed by atoms with E-state index in [1.165, 1.54) is 24.3 Å². The molecule has 0 saturated heterocycles. The Kier molecular flexibility index (Phi) is 6.81. The van der Waals surface area contributed by atoms with Crippen molar-refractivity contribution in [2.75, 3.05) is 23.8 Å². The highest BCUT2D eigenvalue weighted by molar-refractivity contribution is 5.94. The van der Waals surface area contributed by atoms with Crippen LogP contribution in [-0.2, 0) is 24.7 Å². The number of anilines is 2. The van der Waals surface area contributed by atoms with Gasteiger partial charge in [-0.2, -0.15) is 5.10 Å². The number of amides is 1. The predicted molar refractivity (Wildman–Crippen MR) is 133 cm³/mol. The van der Waals surface area contributed by atoms with Crippen LogP contribution in [-0.4, -0.2) is 44.2 Å². The summed E-state index contributed by atoms with van der Waals surface area (Å²) in [6.07, 6.45) is 6.33. The van der Waals surface area contributed by atoms with E-state index < -0.39 is 0 Å². The molecule has 0 atom stereocenters. The fourth-order valence-electron chi connectivity index (χ4n) is 4.04. The third-order valence-corrected chi connectivity index (χ3v) is 5.64. The average molecular weight is 464 g/mol. The van der Waals surface area contributed by atoms with Crippen LogP contribution < -0.4 is 10.2 Å². The number of pyridine rings is 1. The number of aryl methyl sites for hydroxylation is 2. The lowest BCUT2D eigenvalue weighted by molar-refractivity contribution is -0.114. The second-order valence-corrected chi connectivity index (χ2v) is 7.96. The number of halogens is 1. The molecular formula is C25H30FN7O. The van der Waals surface area contributed by atoms with Gasteiger partial charge in [0.15, 0.2) is 5.82 Å². The van der Waals surface area contributed by atoms with Crippen LogP contribution in [0, 0.1) is 5.82 Å². The quantitative estimate of drug-likeness (QED) is 0.472. The lowest BCUT2D eigenvalue weighted by Crippen LogP contribution is -2.31. The number of likely N-dealkylation sites (N-methyl/N-ethyl adjacent to an activating group) is 1. The smallest absolute Gasteiger partial charge is 0.243 e. The number of carbonyl (C=O) groups excluding carboxylic acids is 1. The molecule has 0 spiro atoms. The number of fused-ring (bicyclic) bond motifs is 2. The van der Waals surface area contributed by atoms with Crippen molar-refractivity contribution in [3.63, 3.8) is 0 Å². The third-order valence-electron chi connectivity index (χ3n) is 5.64. The first-order valence-corrected chi connectivity index (χ1v) is 11.4. The van der Waals surface area contributed by atoms with Crippen molar-refractivity contribution in [1.82, 2.24) is 24.7 Å². The van der Waals surface area contributed by atoms with Crippen LogP contribution in [0.4, 0.5) is 15.9 Å². The molecule has 3 aromatic heterocycles. The first-order chi connectivity index (χ1) is 16.5. The molecule has 4 aromatic rings. The number of carbonyl (C=O) groups is 1. The van der Waals surface area contributed by atoms with Crippen molar-refractivity contribution in [3.8, 4) is 11.5 Å². The summed E-state index contributed by atoms with van der Waals surface area (Å²) in [5, 5.41) is 8.03. The largest absolute Gasteiger partial charge is 0.350 e. The number of benzene rings is 1. The van der Waals surface area contributed by atoms with E-state index in [0.29, 0.717) is 17.2 Å². The molecule has 0 saturated carbocycles. The summed E-state index contributed by atoms with van der Waals surface area (Å²) in [4.78, 5) is 28.5. The van der Waals surface area contributed by atoms with Crippen LogP contribution in [0.3, 0.4) is 0 Å². The minimum atomic E-state index is -0.345. The van der Waals surface area contributed by atoms with Gasteiger partial charge >= 0.3 is 0 Å². The van der Waals surface area contributed by atoms with E-state index in [4.69, 9.17) is 9.97 Å². The number of nitrogens with zero attached hydrogens (tertiary/aromatic N) is 6. The van der Waals surface area contributed by atoms with Gasteiger partial charge in [-0.15, -0.1) is 0 Å². The fourth-order valence-corrected chi connectivity index (χ4v) is 4.04. The summed E-state index contributed by atoms with van der Waals surface area (Å²) >= 11 is 0. The monoisotopic (exact) mass is 463 g/mol. The Hall–Kier alpha value is -3.88. The van der Waals surface area contributed by atoms with Gasteiger partial charge in [0, 0.05) is 37.9 Å². The van der Waals surface area contributed by atoms with E-state index in [-0.39, 0.29) is 19.7 Å². The molecule has 34 heavy (non-hydrogen) atoms. The molecule has 1 aromatic carbocycles. The van der Waals surface area contributed by atoms with Crippen LogP contribution >= 0.6 is 0 Å². The second kappa shape index (κ2) is 9.94. The second-order valence-electron chi connectivity index (χ2n) is 7.96. The number of nitrogens with one attached hydrogen (secondary N) is 1. The summed E-state index contributed by atoms with van der Waals surface area (Å²) in [5.74, 6) is 0.727. The molecule has 1 aliphatic rings. The summed E-state index contributed by atoms with van der Waals surface area (Å²) in [7, 11) is 3.71. The highest BCUT2D eigenvalue weighted by Crippen LogP contribution is 2.31. The number of rotatable bonds is 5.